The van der Waals surface area contributed by atoms with Gasteiger partial charge in [-0.3, -0.25) is 9.59 Å². The van der Waals surface area contributed by atoms with Crippen LogP contribution in [-0.2, 0) is 5.41 Å². The van der Waals surface area contributed by atoms with Gasteiger partial charge in [0.05, 0.1) is 9.20 Å². The standard InChI is InChI=1S/C22H21NO2S/c1-22(2,3)17-11-9-16(10-12-17)18(24)14-20-23-21(25)19(26-20)13-15-7-5-4-6-8-15/h4-14H,1-3H3,(H,23,25)/b19-13+,20-14+. The van der Waals surface area contributed by atoms with Crippen LogP contribution < -0.4 is 14.8 Å². The molecule has 0 radical (unpaired) electrons. The second kappa shape index (κ2) is 7.26. The van der Waals surface area contributed by atoms with Gasteiger partial charge in [-0.25, -0.2) is 0 Å². The van der Waals surface area contributed by atoms with Crippen LogP contribution in [0.1, 0.15) is 42.3 Å². The summed E-state index contributed by atoms with van der Waals surface area (Å²) in [5.41, 5.74) is 2.61. The van der Waals surface area contributed by atoms with Crippen molar-refractivity contribution in [3.63, 3.8) is 0 Å². The van der Waals surface area contributed by atoms with Gasteiger partial charge >= 0.3 is 0 Å². The normalized spacial score (nSPS) is 13.2. The van der Waals surface area contributed by atoms with Crippen LogP contribution in [0, 0.1) is 0 Å². The number of carbonyl (C=O) groups excluding carboxylic acids is 1. The summed E-state index contributed by atoms with van der Waals surface area (Å²) in [7, 11) is 0. The molecule has 1 N–H and O–H groups in total. The maximum atomic E-state index is 12.5. The fourth-order valence-corrected chi connectivity index (χ4v) is 3.45. The van der Waals surface area contributed by atoms with Crippen LogP contribution in [0.4, 0.5) is 0 Å². The SMILES string of the molecule is CC(C)(C)c1ccc(C(=O)/C=c2\[nH]c(=O)/c(=C\c3ccccc3)s2)cc1. The Balaban J connectivity index is 1.91. The lowest BCUT2D eigenvalue weighted by Gasteiger charge is -2.18. The van der Waals surface area contributed by atoms with Gasteiger partial charge in [-0.15, -0.1) is 11.3 Å². The van der Waals surface area contributed by atoms with Crippen molar-refractivity contribution in [2.24, 2.45) is 0 Å². The summed E-state index contributed by atoms with van der Waals surface area (Å²) in [6.07, 6.45) is 3.31. The van der Waals surface area contributed by atoms with Crippen LogP contribution in [0.15, 0.2) is 59.4 Å². The summed E-state index contributed by atoms with van der Waals surface area (Å²) >= 11 is 1.28. The summed E-state index contributed by atoms with van der Waals surface area (Å²) < 4.78 is 1.14. The topological polar surface area (TPSA) is 49.9 Å². The number of Topliss-reactive ketones (excluding diaryl/α,β-unsaturated/α-hetero) is 1. The Hall–Kier alpha value is -2.72. The van der Waals surface area contributed by atoms with Gasteiger partial charge in [-0.2, -0.15) is 0 Å². The monoisotopic (exact) mass is 363 g/mol. The first-order valence-corrected chi connectivity index (χ1v) is 9.27. The molecule has 0 saturated carbocycles. The Morgan fingerprint density at radius 3 is 2.27 bits per heavy atom. The van der Waals surface area contributed by atoms with E-state index < -0.39 is 0 Å². The predicted molar refractivity (Wildman–Crippen MR) is 108 cm³/mol. The zero-order chi connectivity index (χ0) is 18.7. The fraction of sp³-hybridized carbons (Fsp3) is 0.182. The van der Waals surface area contributed by atoms with E-state index in [1.54, 1.807) is 0 Å². The molecular formula is C22H21NO2S. The molecule has 3 aromatic rings. The van der Waals surface area contributed by atoms with Gasteiger partial charge in [-0.05, 0) is 22.6 Å². The van der Waals surface area contributed by atoms with Crippen LogP contribution in [-0.4, -0.2) is 10.8 Å². The van der Waals surface area contributed by atoms with Crippen molar-refractivity contribution in [1.29, 1.82) is 0 Å². The van der Waals surface area contributed by atoms with Crippen molar-refractivity contribution in [2.75, 3.05) is 0 Å². The minimum atomic E-state index is -0.180. The van der Waals surface area contributed by atoms with Crippen LogP contribution >= 0.6 is 11.3 Å². The van der Waals surface area contributed by atoms with Gasteiger partial charge in [0.2, 0.25) is 0 Å². The van der Waals surface area contributed by atoms with E-state index >= 15 is 0 Å². The summed E-state index contributed by atoms with van der Waals surface area (Å²) in [5.74, 6) is -0.116. The number of thiazole rings is 1. The summed E-state index contributed by atoms with van der Waals surface area (Å²) in [4.78, 5) is 27.3. The van der Waals surface area contributed by atoms with Crippen LogP contribution in [0.25, 0.3) is 12.2 Å². The Labute approximate surface area is 156 Å². The van der Waals surface area contributed by atoms with E-state index in [-0.39, 0.29) is 16.8 Å². The van der Waals surface area contributed by atoms with Crippen molar-refractivity contribution < 1.29 is 4.79 Å². The molecule has 0 bridgehead atoms. The van der Waals surface area contributed by atoms with Gasteiger partial charge in [0.15, 0.2) is 5.78 Å². The Morgan fingerprint density at radius 2 is 1.65 bits per heavy atom. The zero-order valence-electron chi connectivity index (χ0n) is 15.1. The highest BCUT2D eigenvalue weighted by Crippen LogP contribution is 2.22. The number of aromatic nitrogens is 1. The molecular weight excluding hydrogens is 342 g/mol. The second-order valence-electron chi connectivity index (χ2n) is 7.18. The number of H-pyrrole nitrogens is 1. The Kier molecular flexibility index (Phi) is 5.05. The molecule has 1 heterocycles. The number of aromatic amines is 1. The predicted octanol–water partition coefficient (Wildman–Crippen LogP) is 3.23. The van der Waals surface area contributed by atoms with Gasteiger partial charge in [0.25, 0.3) is 5.56 Å². The number of rotatable bonds is 3. The number of hydrogen-bond acceptors (Lipinski definition) is 3. The van der Waals surface area contributed by atoms with Gasteiger partial charge in [0.1, 0.15) is 0 Å². The molecule has 2 aromatic carbocycles. The zero-order valence-corrected chi connectivity index (χ0v) is 15.9. The van der Waals surface area contributed by atoms with E-state index in [4.69, 9.17) is 0 Å². The molecule has 0 unspecified atom stereocenters. The molecule has 0 saturated heterocycles. The molecule has 0 aliphatic rings. The van der Waals surface area contributed by atoms with E-state index in [2.05, 4.69) is 25.8 Å². The molecule has 3 nitrogen and oxygen atoms in total. The fourth-order valence-electron chi connectivity index (χ4n) is 2.56. The molecule has 0 amide bonds. The number of hydrogen-bond donors (Lipinski definition) is 1. The van der Waals surface area contributed by atoms with Crippen molar-refractivity contribution in [1.82, 2.24) is 4.98 Å². The van der Waals surface area contributed by atoms with Crippen molar-refractivity contribution in [3.05, 3.63) is 90.8 Å². The molecule has 0 spiro atoms. The maximum Gasteiger partial charge on any atom is 0.266 e. The third-order valence-electron chi connectivity index (χ3n) is 4.08. The smallest absolute Gasteiger partial charge is 0.266 e. The number of ketones is 1. The van der Waals surface area contributed by atoms with Gasteiger partial charge in [0, 0.05) is 11.6 Å². The minimum Gasteiger partial charge on any atom is -0.313 e. The van der Waals surface area contributed by atoms with Gasteiger partial charge < -0.3 is 4.98 Å². The average Bonchev–Trinajstić information content (AvgIpc) is 2.94. The third kappa shape index (κ3) is 4.27. The molecule has 0 fully saturated rings. The Morgan fingerprint density at radius 1 is 1.00 bits per heavy atom. The van der Waals surface area contributed by atoms with E-state index in [9.17, 15) is 9.59 Å². The molecule has 26 heavy (non-hydrogen) atoms. The molecule has 4 heteroatoms. The summed E-state index contributed by atoms with van der Waals surface area (Å²) in [5, 5.41) is 0. The van der Waals surface area contributed by atoms with E-state index in [1.165, 1.54) is 23.0 Å². The highest BCUT2D eigenvalue weighted by Gasteiger charge is 2.13. The first-order valence-electron chi connectivity index (χ1n) is 8.45. The number of carbonyl (C=O) groups is 1. The first-order chi connectivity index (χ1) is 12.3. The van der Waals surface area contributed by atoms with Crippen LogP contribution in [0.2, 0.25) is 0 Å². The molecule has 1 aromatic heterocycles. The number of benzene rings is 2. The largest absolute Gasteiger partial charge is 0.313 e. The van der Waals surface area contributed by atoms with Crippen molar-refractivity contribution in [2.45, 2.75) is 26.2 Å². The third-order valence-corrected chi connectivity index (χ3v) is 5.04. The van der Waals surface area contributed by atoms with Crippen molar-refractivity contribution >= 4 is 29.3 Å². The highest BCUT2D eigenvalue weighted by atomic mass is 32.1. The van der Waals surface area contributed by atoms with Crippen LogP contribution in [0.5, 0.6) is 0 Å². The van der Waals surface area contributed by atoms with E-state index in [1.807, 2.05) is 60.7 Å². The minimum absolute atomic E-state index is 0.0481. The second-order valence-corrected chi connectivity index (χ2v) is 8.26. The van der Waals surface area contributed by atoms with Crippen LogP contribution in [0.3, 0.4) is 0 Å². The lowest BCUT2D eigenvalue weighted by Crippen LogP contribution is -2.20. The highest BCUT2D eigenvalue weighted by molar-refractivity contribution is 7.07. The Bertz CT molecular complexity index is 1080. The van der Waals surface area contributed by atoms with E-state index in [0.717, 1.165) is 5.56 Å². The molecule has 132 valence electrons. The lowest BCUT2D eigenvalue weighted by atomic mass is 9.86. The molecule has 3 rings (SSSR count). The van der Waals surface area contributed by atoms with Crippen molar-refractivity contribution in [3.8, 4) is 0 Å². The molecule has 0 atom stereocenters. The summed E-state index contributed by atoms with van der Waals surface area (Å²) in [6, 6.07) is 17.3. The van der Waals surface area contributed by atoms with E-state index in [0.29, 0.717) is 14.8 Å². The average molecular weight is 363 g/mol. The molecule has 0 aliphatic heterocycles. The van der Waals surface area contributed by atoms with Gasteiger partial charge in [-0.1, -0.05) is 75.4 Å². The maximum absolute atomic E-state index is 12.5. The lowest BCUT2D eigenvalue weighted by molar-refractivity contribution is 0.106. The molecule has 0 aliphatic carbocycles. The quantitative estimate of drug-likeness (QED) is 0.727. The number of nitrogens with one attached hydrogen (secondary N) is 1. The summed E-state index contributed by atoms with van der Waals surface area (Å²) in [6.45, 7) is 6.41. The first kappa shape index (κ1) is 18.1.